The number of ether oxygens (including phenoxy) is 1. The minimum atomic E-state index is -3.71. The first-order valence-corrected chi connectivity index (χ1v) is 9.28. The molecule has 1 fully saturated rings. The van der Waals surface area contributed by atoms with Gasteiger partial charge < -0.3 is 9.84 Å². The van der Waals surface area contributed by atoms with Gasteiger partial charge in [-0.15, -0.1) is 0 Å². The van der Waals surface area contributed by atoms with E-state index in [1.165, 1.54) is 12.1 Å². The zero-order valence-electron chi connectivity index (χ0n) is 14.0. The van der Waals surface area contributed by atoms with Crippen LogP contribution >= 0.6 is 0 Å². The van der Waals surface area contributed by atoms with Gasteiger partial charge in [0.1, 0.15) is 11.6 Å². The lowest BCUT2D eigenvalue weighted by molar-refractivity contribution is -0.158. The Balaban J connectivity index is 2.08. The fourth-order valence-corrected chi connectivity index (χ4v) is 3.79. The molecule has 7 nitrogen and oxygen atoms in total. The van der Waals surface area contributed by atoms with E-state index in [0.717, 1.165) is 0 Å². The van der Waals surface area contributed by atoms with Crippen molar-refractivity contribution in [3.63, 3.8) is 0 Å². The van der Waals surface area contributed by atoms with Crippen LogP contribution in [0.4, 0.5) is 0 Å². The lowest BCUT2D eigenvalue weighted by Gasteiger charge is -2.24. The minimum Gasteiger partial charge on any atom is -0.459 e. The number of aliphatic hydroxyl groups is 1. The molecule has 0 amide bonds. The van der Waals surface area contributed by atoms with E-state index in [1.54, 1.807) is 39.0 Å². The van der Waals surface area contributed by atoms with Crippen molar-refractivity contribution >= 4 is 16.0 Å². The monoisotopic (exact) mass is 356 g/mol. The number of aliphatic hydroxyl groups excluding tert-OH is 1. The summed E-state index contributed by atoms with van der Waals surface area (Å²) in [6, 6.07) is 7.23. The summed E-state index contributed by atoms with van der Waals surface area (Å²) in [5.74, 6) is -0.911. The van der Waals surface area contributed by atoms with Gasteiger partial charge in [0.25, 0.3) is 0 Å². The highest BCUT2D eigenvalue weighted by molar-refractivity contribution is 7.89. The van der Waals surface area contributed by atoms with Gasteiger partial charge in [0, 0.05) is 12.5 Å². The van der Waals surface area contributed by atoms with Crippen LogP contribution in [0.25, 0.3) is 0 Å². The van der Waals surface area contributed by atoms with Crippen molar-refractivity contribution in [2.75, 3.05) is 6.61 Å². The van der Waals surface area contributed by atoms with Gasteiger partial charge in [0.05, 0.1) is 11.1 Å². The topological polar surface area (TPSA) is 105 Å². The number of hydrogen-bond donors (Lipinski definition) is 3. The normalized spacial score (nSPS) is 24.8. The third-order valence-electron chi connectivity index (χ3n) is 3.64. The molecule has 1 aliphatic rings. The molecule has 1 aromatic carbocycles. The lowest BCUT2D eigenvalue weighted by atomic mass is 10.0. The van der Waals surface area contributed by atoms with Crippen molar-refractivity contribution in [2.24, 2.45) is 5.92 Å². The van der Waals surface area contributed by atoms with Crippen molar-refractivity contribution in [3.05, 3.63) is 30.3 Å². The highest BCUT2D eigenvalue weighted by Crippen LogP contribution is 2.23. The molecule has 1 saturated heterocycles. The Hall–Kier alpha value is -1.48. The van der Waals surface area contributed by atoms with Gasteiger partial charge in [0.2, 0.25) is 10.0 Å². The number of carbonyl (C=O) groups is 1. The fraction of sp³-hybridized carbons (Fsp3) is 0.562. The summed E-state index contributed by atoms with van der Waals surface area (Å²) in [4.78, 5) is 12.4. The highest BCUT2D eigenvalue weighted by atomic mass is 32.2. The molecule has 8 heteroatoms. The summed E-state index contributed by atoms with van der Waals surface area (Å²) < 4.78 is 32.6. The summed E-state index contributed by atoms with van der Waals surface area (Å²) in [6.45, 7) is 5.02. The number of benzene rings is 1. The van der Waals surface area contributed by atoms with Crippen LogP contribution in [-0.2, 0) is 19.6 Å². The number of nitrogens with one attached hydrogen (secondary N) is 2. The van der Waals surface area contributed by atoms with E-state index >= 15 is 0 Å². The maximum atomic E-state index is 12.4. The Labute approximate surface area is 142 Å². The summed E-state index contributed by atoms with van der Waals surface area (Å²) >= 11 is 0. The first kappa shape index (κ1) is 18.9. The zero-order valence-corrected chi connectivity index (χ0v) is 14.8. The average molecular weight is 356 g/mol. The van der Waals surface area contributed by atoms with Crippen LogP contribution in [0.5, 0.6) is 0 Å². The van der Waals surface area contributed by atoms with Gasteiger partial charge >= 0.3 is 5.97 Å². The second-order valence-corrected chi connectivity index (χ2v) is 8.56. The van der Waals surface area contributed by atoms with Crippen LogP contribution in [0.15, 0.2) is 35.2 Å². The molecule has 134 valence electrons. The molecule has 3 atom stereocenters. The fourth-order valence-electron chi connectivity index (χ4n) is 2.60. The van der Waals surface area contributed by atoms with Crippen LogP contribution in [0, 0.1) is 5.92 Å². The van der Waals surface area contributed by atoms with Crippen molar-refractivity contribution in [2.45, 2.75) is 49.9 Å². The Morgan fingerprint density at radius 2 is 1.96 bits per heavy atom. The summed E-state index contributed by atoms with van der Waals surface area (Å²) in [6.07, 6.45) is -0.350. The summed E-state index contributed by atoms with van der Waals surface area (Å²) in [7, 11) is -3.71. The molecule has 0 radical (unpaired) electrons. The van der Waals surface area contributed by atoms with Crippen molar-refractivity contribution in [1.82, 2.24) is 10.0 Å². The number of esters is 1. The third kappa shape index (κ3) is 4.76. The smallest absolute Gasteiger partial charge is 0.324 e. The molecular weight excluding hydrogens is 332 g/mol. The summed E-state index contributed by atoms with van der Waals surface area (Å²) in [5.41, 5.74) is -0.652. The SMILES string of the molecule is CC(C)(C)OC(=O)C1NC(NS(=O)(=O)c2ccccc2)CC1CO. The van der Waals surface area contributed by atoms with Gasteiger partial charge in [-0.3, -0.25) is 10.1 Å². The van der Waals surface area contributed by atoms with E-state index in [2.05, 4.69) is 10.0 Å². The van der Waals surface area contributed by atoms with Crippen LogP contribution in [0.3, 0.4) is 0 Å². The molecule has 1 heterocycles. The largest absolute Gasteiger partial charge is 0.459 e. The molecule has 0 aliphatic carbocycles. The van der Waals surface area contributed by atoms with E-state index in [1.807, 2.05) is 0 Å². The van der Waals surface area contributed by atoms with Gasteiger partial charge in [-0.2, -0.15) is 4.72 Å². The second-order valence-electron chi connectivity index (χ2n) is 6.84. The molecule has 0 spiro atoms. The van der Waals surface area contributed by atoms with Crippen molar-refractivity contribution in [3.8, 4) is 0 Å². The van der Waals surface area contributed by atoms with E-state index in [4.69, 9.17) is 4.74 Å². The van der Waals surface area contributed by atoms with Crippen LogP contribution in [-0.4, -0.2) is 43.9 Å². The first-order valence-electron chi connectivity index (χ1n) is 7.79. The number of rotatable bonds is 5. The second kappa shape index (κ2) is 7.18. The Morgan fingerprint density at radius 1 is 1.33 bits per heavy atom. The van der Waals surface area contributed by atoms with Gasteiger partial charge in [-0.05, 0) is 39.3 Å². The summed E-state index contributed by atoms with van der Waals surface area (Å²) in [5, 5.41) is 12.4. The van der Waals surface area contributed by atoms with Gasteiger partial charge in [-0.1, -0.05) is 18.2 Å². The van der Waals surface area contributed by atoms with Crippen molar-refractivity contribution in [1.29, 1.82) is 0 Å². The maximum absolute atomic E-state index is 12.4. The molecular formula is C16H24N2O5S. The average Bonchev–Trinajstić information content (AvgIpc) is 2.89. The van der Waals surface area contributed by atoms with Gasteiger partial charge in [-0.25, -0.2) is 8.42 Å². The van der Waals surface area contributed by atoms with Crippen LogP contribution < -0.4 is 10.0 Å². The Morgan fingerprint density at radius 3 is 2.50 bits per heavy atom. The third-order valence-corrected chi connectivity index (χ3v) is 5.12. The molecule has 0 bridgehead atoms. The number of sulfonamides is 1. The molecule has 2 rings (SSSR count). The lowest BCUT2D eigenvalue weighted by Crippen LogP contribution is -2.48. The molecule has 24 heavy (non-hydrogen) atoms. The van der Waals surface area contributed by atoms with E-state index < -0.39 is 39.7 Å². The predicted octanol–water partition coefficient (Wildman–Crippen LogP) is 0.603. The van der Waals surface area contributed by atoms with Gasteiger partial charge in [0.15, 0.2) is 0 Å². The standard InChI is InChI=1S/C16H24N2O5S/c1-16(2,3)23-15(20)14-11(10-19)9-13(17-14)18-24(21,22)12-7-5-4-6-8-12/h4-8,11,13-14,17-19H,9-10H2,1-3H3. The molecule has 0 saturated carbocycles. The predicted molar refractivity (Wildman–Crippen MR) is 88.5 cm³/mol. The molecule has 3 unspecified atom stereocenters. The highest BCUT2D eigenvalue weighted by Gasteiger charge is 2.41. The molecule has 1 aromatic rings. The molecule has 1 aliphatic heterocycles. The first-order chi connectivity index (χ1) is 11.1. The number of hydrogen-bond acceptors (Lipinski definition) is 6. The quantitative estimate of drug-likeness (QED) is 0.668. The molecule has 3 N–H and O–H groups in total. The van der Waals surface area contributed by atoms with E-state index in [-0.39, 0.29) is 11.5 Å². The maximum Gasteiger partial charge on any atom is 0.324 e. The van der Waals surface area contributed by atoms with Crippen LogP contribution in [0.1, 0.15) is 27.2 Å². The van der Waals surface area contributed by atoms with Crippen LogP contribution in [0.2, 0.25) is 0 Å². The van der Waals surface area contributed by atoms with E-state index in [9.17, 15) is 18.3 Å². The Bertz CT molecular complexity index is 669. The zero-order chi connectivity index (χ0) is 18.0. The van der Waals surface area contributed by atoms with E-state index in [0.29, 0.717) is 6.42 Å². The number of carbonyl (C=O) groups excluding carboxylic acids is 1. The van der Waals surface area contributed by atoms with Crippen molar-refractivity contribution < 1.29 is 23.1 Å². The molecule has 0 aromatic heterocycles. The Kier molecular flexibility index (Phi) is 5.64. The minimum absolute atomic E-state index is 0.146.